The van der Waals surface area contributed by atoms with Crippen molar-refractivity contribution in [2.24, 2.45) is 17.8 Å². The first kappa shape index (κ1) is 40.0. The standard InChI is InChI=1S/C38H57BN8O6/c1-8-31-38(6)34(47(36(50)53-38)15-10-9-14-46-22-30(44-45-46)27-12-11-13-28(40)17-27)25(4)41-19-23(2)18-37(5,51-7)33(39)24(3)32(48)29(35(49)52-31)16-26-20-42-43-21-26/h11-13,17,20-25,29,31,33-34,41H,8-10,14-16,18-19,39-40H2,1-7H3,(H,42,43)/t23-,24+,25-,29-,31-,33-,34-,37-,38-/m1/s1. The number of unbranched alkanes of at least 4 members (excludes halogenated alkanes) is 1. The number of rotatable bonds is 10. The van der Waals surface area contributed by atoms with Crippen LogP contribution in [0.4, 0.5) is 10.5 Å². The number of methoxy groups -OCH3 is 1. The molecule has 15 heteroatoms. The van der Waals surface area contributed by atoms with Crippen molar-refractivity contribution in [3.63, 3.8) is 0 Å². The van der Waals surface area contributed by atoms with Crippen LogP contribution in [0.5, 0.6) is 0 Å². The molecule has 2 saturated heterocycles. The fourth-order valence-corrected chi connectivity index (χ4v) is 8.34. The second kappa shape index (κ2) is 16.8. The van der Waals surface area contributed by atoms with Crippen molar-refractivity contribution in [2.45, 2.75) is 115 Å². The van der Waals surface area contributed by atoms with Crippen LogP contribution in [0.25, 0.3) is 11.3 Å². The second-order valence-corrected chi connectivity index (χ2v) is 15.6. The van der Waals surface area contributed by atoms with Crippen molar-refractivity contribution in [2.75, 3.05) is 25.9 Å². The first-order valence-corrected chi connectivity index (χ1v) is 19.0. The molecule has 2 aliphatic rings. The van der Waals surface area contributed by atoms with Gasteiger partial charge in [0.1, 0.15) is 31.3 Å². The van der Waals surface area contributed by atoms with E-state index in [0.29, 0.717) is 44.6 Å². The first-order chi connectivity index (χ1) is 25.2. The van der Waals surface area contributed by atoms with E-state index in [-0.39, 0.29) is 30.0 Å². The highest BCUT2D eigenvalue weighted by Gasteiger charge is 2.58. The predicted molar refractivity (Wildman–Crippen MR) is 204 cm³/mol. The topological polar surface area (TPSA) is 180 Å². The molecule has 53 heavy (non-hydrogen) atoms. The molecule has 0 saturated carbocycles. The number of hydrogen-bond donors (Lipinski definition) is 3. The summed E-state index contributed by atoms with van der Waals surface area (Å²) < 4.78 is 20.5. The Hall–Kier alpha value is -4.24. The summed E-state index contributed by atoms with van der Waals surface area (Å²) in [5.41, 5.74) is 7.14. The third-order valence-corrected chi connectivity index (χ3v) is 11.8. The number of aromatic nitrogens is 5. The van der Waals surface area contributed by atoms with Gasteiger partial charge in [0.25, 0.3) is 0 Å². The highest BCUT2D eigenvalue weighted by atomic mass is 16.6. The number of aryl methyl sites for hydroxylation is 1. The van der Waals surface area contributed by atoms with Crippen LogP contribution in [-0.2, 0) is 36.8 Å². The molecule has 1 aromatic carbocycles. The van der Waals surface area contributed by atoms with E-state index in [9.17, 15) is 14.4 Å². The number of benzene rings is 1. The normalized spacial score (nSPS) is 31.7. The minimum absolute atomic E-state index is 0.137. The Labute approximate surface area is 313 Å². The number of anilines is 1. The van der Waals surface area contributed by atoms with Crippen molar-refractivity contribution in [1.82, 2.24) is 35.4 Å². The summed E-state index contributed by atoms with van der Waals surface area (Å²) in [4.78, 5) is 44.1. The Morgan fingerprint density at radius 1 is 1.13 bits per heavy atom. The van der Waals surface area contributed by atoms with Gasteiger partial charge >= 0.3 is 12.1 Å². The maximum absolute atomic E-state index is 14.3. The van der Waals surface area contributed by atoms with Gasteiger partial charge in [-0.1, -0.05) is 38.1 Å². The largest absolute Gasteiger partial charge is 0.457 e. The van der Waals surface area contributed by atoms with Crippen LogP contribution in [0, 0.1) is 17.8 Å². The number of nitrogens with zero attached hydrogens (tertiary/aromatic N) is 5. The predicted octanol–water partition coefficient (Wildman–Crippen LogP) is 3.84. The van der Waals surface area contributed by atoms with Crippen molar-refractivity contribution < 1.29 is 28.6 Å². The molecule has 1 amide bonds. The molecule has 0 bridgehead atoms. The lowest BCUT2D eigenvalue weighted by Gasteiger charge is -2.41. The van der Waals surface area contributed by atoms with E-state index in [4.69, 9.17) is 19.9 Å². The fraction of sp³-hybridized carbons (Fsp3) is 0.632. The van der Waals surface area contributed by atoms with Crippen LogP contribution < -0.4 is 11.1 Å². The number of fused-ring (bicyclic) bond motifs is 1. The lowest BCUT2D eigenvalue weighted by molar-refractivity contribution is -0.171. The lowest BCUT2D eigenvalue weighted by Crippen LogP contribution is -2.61. The molecule has 4 heterocycles. The maximum Gasteiger partial charge on any atom is 0.410 e. The monoisotopic (exact) mass is 732 g/mol. The Bertz CT molecular complexity index is 1700. The van der Waals surface area contributed by atoms with Gasteiger partial charge in [-0.2, -0.15) is 5.10 Å². The quantitative estimate of drug-likeness (QED) is 0.0907. The van der Waals surface area contributed by atoms with Crippen LogP contribution in [0.2, 0.25) is 5.82 Å². The maximum atomic E-state index is 14.3. The number of ketones is 1. The van der Waals surface area contributed by atoms with Gasteiger partial charge in [-0.05, 0) is 88.9 Å². The number of H-pyrrole nitrogens is 1. The smallest absolute Gasteiger partial charge is 0.410 e. The van der Waals surface area contributed by atoms with E-state index in [1.54, 1.807) is 29.1 Å². The molecule has 9 atom stereocenters. The molecule has 0 unspecified atom stereocenters. The van der Waals surface area contributed by atoms with Gasteiger partial charge in [-0.25, -0.2) is 4.79 Å². The molecule has 4 N–H and O–H groups in total. The van der Waals surface area contributed by atoms with Gasteiger partial charge in [0.15, 0.2) is 5.60 Å². The number of nitrogen functional groups attached to an aromatic ring is 1. The highest BCUT2D eigenvalue weighted by Crippen LogP contribution is 2.41. The number of amides is 1. The molecule has 2 aromatic heterocycles. The van der Waals surface area contributed by atoms with E-state index in [1.165, 1.54) is 0 Å². The molecule has 2 fully saturated rings. The van der Waals surface area contributed by atoms with Crippen molar-refractivity contribution in [1.29, 1.82) is 0 Å². The summed E-state index contributed by atoms with van der Waals surface area (Å²) in [7, 11) is 3.70. The molecule has 0 spiro atoms. The van der Waals surface area contributed by atoms with Gasteiger partial charge in [0.05, 0.1) is 24.0 Å². The van der Waals surface area contributed by atoms with Crippen LogP contribution in [0.15, 0.2) is 42.9 Å². The third kappa shape index (κ3) is 8.78. The lowest BCUT2D eigenvalue weighted by atomic mass is 9.62. The van der Waals surface area contributed by atoms with Gasteiger partial charge in [-0.15, -0.1) is 5.10 Å². The molecule has 14 nitrogen and oxygen atoms in total. The van der Waals surface area contributed by atoms with Crippen LogP contribution in [0.3, 0.4) is 0 Å². The number of hydrogen-bond acceptors (Lipinski definition) is 11. The SMILES string of the molecule is B[C@@H]1[C@@H](C)C(=O)[C@@H](Cc2cn[nH]c2)C(=O)O[C@H](CC)[C@@]2(C)OC(=O)N(CCCCn3cc(-c4cccc(N)c4)nn3)[C@@H]2[C@@H](C)NC[C@H](C)C[C@@]1(C)OC. The molecule has 3 aromatic rings. The second-order valence-electron chi connectivity index (χ2n) is 15.6. The van der Waals surface area contributed by atoms with Crippen molar-refractivity contribution >= 4 is 31.4 Å². The zero-order valence-electron chi connectivity index (χ0n) is 32.5. The summed E-state index contributed by atoms with van der Waals surface area (Å²) in [6.07, 6.45) is 6.54. The van der Waals surface area contributed by atoms with Crippen LogP contribution in [-0.4, -0.2) is 105 Å². The number of Topliss-reactive ketones (excluding diaryl/α,β-unsaturated/α-hetero) is 1. The average molecular weight is 733 g/mol. The molecule has 5 rings (SSSR count). The Kier molecular flexibility index (Phi) is 12.7. The zero-order valence-corrected chi connectivity index (χ0v) is 32.5. The number of carbonyl (C=O) groups excluding carboxylic acids is 3. The van der Waals surface area contributed by atoms with E-state index in [1.807, 2.05) is 66.0 Å². The Morgan fingerprint density at radius 2 is 1.89 bits per heavy atom. The average Bonchev–Trinajstić information content (AvgIpc) is 3.89. The number of nitrogens with two attached hydrogens (primary N) is 1. The number of ether oxygens (including phenoxy) is 3. The fourth-order valence-electron chi connectivity index (χ4n) is 8.34. The summed E-state index contributed by atoms with van der Waals surface area (Å²) in [6, 6.07) is 6.83. The molecule has 0 radical (unpaired) electrons. The Balaban J connectivity index is 1.39. The Morgan fingerprint density at radius 3 is 2.57 bits per heavy atom. The molecule has 2 aliphatic heterocycles. The minimum Gasteiger partial charge on any atom is -0.457 e. The minimum atomic E-state index is -1.20. The van der Waals surface area contributed by atoms with E-state index >= 15 is 0 Å². The van der Waals surface area contributed by atoms with E-state index < -0.39 is 47.2 Å². The number of esters is 1. The molecular formula is C38H57BN8O6. The number of cyclic esters (lactones) is 1. The summed E-state index contributed by atoms with van der Waals surface area (Å²) >= 11 is 0. The number of carbonyl (C=O) groups is 3. The van der Waals surface area contributed by atoms with E-state index in [0.717, 1.165) is 23.2 Å². The summed E-state index contributed by atoms with van der Waals surface area (Å²) in [6.45, 7) is 13.6. The zero-order chi connectivity index (χ0) is 38.5. The van der Waals surface area contributed by atoms with Gasteiger partial charge in [0, 0.05) is 49.6 Å². The first-order valence-electron chi connectivity index (χ1n) is 19.0. The number of aromatic amines is 1. The van der Waals surface area contributed by atoms with Gasteiger partial charge in [0.2, 0.25) is 0 Å². The summed E-state index contributed by atoms with van der Waals surface area (Å²) in [5.74, 6) is -2.46. The van der Waals surface area contributed by atoms with Crippen molar-refractivity contribution in [3.8, 4) is 11.3 Å². The van der Waals surface area contributed by atoms with Crippen molar-refractivity contribution in [3.05, 3.63) is 48.4 Å². The van der Waals surface area contributed by atoms with Gasteiger partial charge in [-0.3, -0.25) is 24.3 Å². The molecule has 0 aliphatic carbocycles. The highest BCUT2D eigenvalue weighted by molar-refractivity contribution is 6.15. The number of nitrogens with one attached hydrogen (secondary N) is 2. The molecule has 288 valence electrons. The van der Waals surface area contributed by atoms with Gasteiger partial charge < -0.3 is 25.3 Å². The van der Waals surface area contributed by atoms with E-state index in [2.05, 4.69) is 39.7 Å². The third-order valence-electron chi connectivity index (χ3n) is 11.8. The van der Waals surface area contributed by atoms with Crippen LogP contribution >= 0.6 is 0 Å². The van der Waals surface area contributed by atoms with Crippen LogP contribution in [0.1, 0.15) is 72.8 Å². The summed E-state index contributed by atoms with van der Waals surface area (Å²) in [5, 5.41) is 19.1. The molecular weight excluding hydrogens is 675 g/mol.